The predicted molar refractivity (Wildman–Crippen MR) is 64.9 cm³/mol. The number of benzene rings is 1. The van der Waals surface area contributed by atoms with Crippen molar-refractivity contribution in [2.24, 2.45) is 0 Å². The minimum Gasteiger partial charge on any atom is -0.550 e. The van der Waals surface area contributed by atoms with E-state index in [0.29, 0.717) is 23.8 Å². The summed E-state index contributed by atoms with van der Waals surface area (Å²) in [6, 6.07) is 5.89. The fourth-order valence-corrected chi connectivity index (χ4v) is 1.40. The molecule has 0 aliphatic carbocycles. The summed E-state index contributed by atoms with van der Waals surface area (Å²) in [5.74, 6) is -1.44. The first-order valence-electron chi connectivity index (χ1n) is 5.08. The van der Waals surface area contributed by atoms with E-state index in [1.165, 1.54) is 12.1 Å². The SMILES string of the molecule is O=C([O-])CCCNC(=S)Nc1cccc(F)c1. The fraction of sp³-hybridized carbons (Fsp3) is 0.273. The Morgan fingerprint density at radius 3 is 2.88 bits per heavy atom. The molecule has 0 atom stereocenters. The lowest BCUT2D eigenvalue weighted by molar-refractivity contribution is -0.305. The van der Waals surface area contributed by atoms with Crippen LogP contribution in [0.1, 0.15) is 12.8 Å². The number of carbonyl (C=O) groups is 1. The van der Waals surface area contributed by atoms with Gasteiger partial charge in [0.05, 0.1) is 0 Å². The maximum Gasteiger partial charge on any atom is 0.170 e. The number of aliphatic carboxylic acids is 1. The first kappa shape index (κ1) is 13.4. The van der Waals surface area contributed by atoms with Crippen LogP contribution >= 0.6 is 12.2 Å². The van der Waals surface area contributed by atoms with E-state index in [0.717, 1.165) is 0 Å². The molecule has 0 aliphatic heterocycles. The summed E-state index contributed by atoms with van der Waals surface area (Å²) < 4.78 is 12.8. The molecular formula is C11H12FN2O2S-. The highest BCUT2D eigenvalue weighted by Gasteiger charge is 1.98. The third-order valence-corrected chi connectivity index (χ3v) is 2.17. The van der Waals surface area contributed by atoms with Crippen LogP contribution in [0, 0.1) is 5.82 Å². The van der Waals surface area contributed by atoms with Crippen LogP contribution in [0.25, 0.3) is 0 Å². The Labute approximate surface area is 104 Å². The summed E-state index contributed by atoms with van der Waals surface area (Å²) in [5, 5.41) is 16.1. The van der Waals surface area contributed by atoms with Gasteiger partial charge in [-0.1, -0.05) is 6.07 Å². The van der Waals surface area contributed by atoms with Gasteiger partial charge in [0.1, 0.15) is 5.82 Å². The molecule has 0 amide bonds. The van der Waals surface area contributed by atoms with Crippen LogP contribution < -0.4 is 15.7 Å². The molecule has 0 bridgehead atoms. The zero-order valence-corrected chi connectivity index (χ0v) is 9.85. The van der Waals surface area contributed by atoms with Gasteiger partial charge in [0.25, 0.3) is 0 Å². The molecule has 92 valence electrons. The summed E-state index contributed by atoms with van der Waals surface area (Å²) in [4.78, 5) is 10.1. The van der Waals surface area contributed by atoms with Gasteiger partial charge in [-0.15, -0.1) is 0 Å². The van der Waals surface area contributed by atoms with Crippen LogP contribution in [0.15, 0.2) is 24.3 Å². The van der Waals surface area contributed by atoms with E-state index in [2.05, 4.69) is 10.6 Å². The van der Waals surface area contributed by atoms with Gasteiger partial charge in [0.2, 0.25) is 0 Å². The molecule has 1 aromatic rings. The lowest BCUT2D eigenvalue weighted by Gasteiger charge is -2.10. The Balaban J connectivity index is 2.27. The van der Waals surface area contributed by atoms with E-state index in [1.54, 1.807) is 12.1 Å². The molecule has 1 aromatic carbocycles. The molecule has 4 nitrogen and oxygen atoms in total. The van der Waals surface area contributed by atoms with Crippen molar-refractivity contribution in [1.29, 1.82) is 0 Å². The highest BCUT2D eigenvalue weighted by atomic mass is 32.1. The number of carboxylic acid groups (broad SMARTS) is 1. The quantitative estimate of drug-likeness (QED) is 0.597. The summed E-state index contributed by atoms with van der Waals surface area (Å²) in [7, 11) is 0. The molecule has 2 N–H and O–H groups in total. The third-order valence-electron chi connectivity index (χ3n) is 1.93. The van der Waals surface area contributed by atoms with Crippen molar-refractivity contribution < 1.29 is 14.3 Å². The van der Waals surface area contributed by atoms with Crippen LogP contribution in [0.5, 0.6) is 0 Å². The number of carbonyl (C=O) groups excluding carboxylic acids is 1. The first-order valence-corrected chi connectivity index (χ1v) is 5.49. The average Bonchev–Trinajstić information content (AvgIpc) is 2.24. The minimum atomic E-state index is -1.09. The van der Waals surface area contributed by atoms with Crippen LogP contribution in [-0.4, -0.2) is 17.6 Å². The van der Waals surface area contributed by atoms with Crippen LogP contribution in [0.2, 0.25) is 0 Å². The van der Waals surface area contributed by atoms with Gasteiger partial charge < -0.3 is 20.5 Å². The normalized spacial score (nSPS) is 9.71. The Bertz CT molecular complexity index is 412. The van der Waals surface area contributed by atoms with E-state index in [-0.39, 0.29) is 12.2 Å². The fourth-order valence-electron chi connectivity index (χ4n) is 1.18. The van der Waals surface area contributed by atoms with Crippen molar-refractivity contribution >= 4 is 29.0 Å². The number of rotatable bonds is 5. The zero-order chi connectivity index (χ0) is 12.7. The molecule has 0 aromatic heterocycles. The van der Waals surface area contributed by atoms with Crippen molar-refractivity contribution in [2.45, 2.75) is 12.8 Å². The van der Waals surface area contributed by atoms with Crippen molar-refractivity contribution in [2.75, 3.05) is 11.9 Å². The number of halogens is 1. The molecule has 6 heteroatoms. The number of hydrogen-bond donors (Lipinski definition) is 2. The predicted octanol–water partition coefficient (Wildman–Crippen LogP) is 0.642. The number of nitrogens with one attached hydrogen (secondary N) is 2. The molecule has 0 fully saturated rings. The number of carboxylic acids is 1. The van der Waals surface area contributed by atoms with E-state index >= 15 is 0 Å². The van der Waals surface area contributed by atoms with E-state index in [1.807, 2.05) is 0 Å². The zero-order valence-electron chi connectivity index (χ0n) is 9.03. The topological polar surface area (TPSA) is 64.2 Å². The van der Waals surface area contributed by atoms with Crippen molar-refractivity contribution in [3.63, 3.8) is 0 Å². The molecular weight excluding hydrogens is 243 g/mol. The second-order valence-corrected chi connectivity index (χ2v) is 3.78. The molecule has 17 heavy (non-hydrogen) atoms. The number of thiocarbonyl (C=S) groups is 1. The molecule has 1 rings (SSSR count). The van der Waals surface area contributed by atoms with E-state index in [9.17, 15) is 14.3 Å². The Kier molecular flexibility index (Phi) is 5.35. The number of hydrogen-bond acceptors (Lipinski definition) is 3. The Hall–Kier alpha value is -1.69. The van der Waals surface area contributed by atoms with Gasteiger partial charge in [-0.25, -0.2) is 4.39 Å². The lowest BCUT2D eigenvalue weighted by atomic mass is 10.3. The largest absolute Gasteiger partial charge is 0.550 e. The van der Waals surface area contributed by atoms with Crippen LogP contribution in [0.3, 0.4) is 0 Å². The molecule has 0 unspecified atom stereocenters. The Morgan fingerprint density at radius 2 is 2.24 bits per heavy atom. The van der Waals surface area contributed by atoms with Gasteiger partial charge >= 0.3 is 0 Å². The monoisotopic (exact) mass is 255 g/mol. The standard InChI is InChI=1S/C11H13FN2O2S/c12-8-3-1-4-9(7-8)14-11(17)13-6-2-5-10(15)16/h1,3-4,7H,2,5-6H2,(H,15,16)(H2,13,14,17)/p-1. The molecule has 0 saturated carbocycles. The minimum absolute atomic E-state index is 0.0183. The highest BCUT2D eigenvalue weighted by Crippen LogP contribution is 2.08. The molecule has 0 saturated heterocycles. The van der Waals surface area contributed by atoms with Gasteiger partial charge in [-0.3, -0.25) is 0 Å². The van der Waals surface area contributed by atoms with E-state index < -0.39 is 5.97 Å². The first-order chi connectivity index (χ1) is 8.08. The lowest BCUT2D eigenvalue weighted by Crippen LogP contribution is -2.30. The summed E-state index contributed by atoms with van der Waals surface area (Å²) in [6.45, 7) is 0.426. The van der Waals surface area contributed by atoms with Crippen molar-refractivity contribution in [3.8, 4) is 0 Å². The van der Waals surface area contributed by atoms with Gasteiger partial charge in [-0.2, -0.15) is 0 Å². The smallest absolute Gasteiger partial charge is 0.170 e. The summed E-state index contributed by atoms with van der Waals surface area (Å²) >= 11 is 4.95. The van der Waals surface area contributed by atoms with Crippen molar-refractivity contribution in [3.05, 3.63) is 30.1 Å². The molecule has 0 aliphatic rings. The Morgan fingerprint density at radius 1 is 1.47 bits per heavy atom. The molecule has 0 radical (unpaired) electrons. The summed E-state index contributed by atoms with van der Waals surface area (Å²) in [6.07, 6.45) is 0.406. The van der Waals surface area contributed by atoms with Crippen molar-refractivity contribution in [1.82, 2.24) is 5.32 Å². The van der Waals surface area contributed by atoms with Gasteiger partial charge in [0, 0.05) is 18.2 Å². The average molecular weight is 255 g/mol. The maximum absolute atomic E-state index is 12.8. The van der Waals surface area contributed by atoms with Crippen LogP contribution in [0.4, 0.5) is 10.1 Å². The maximum atomic E-state index is 12.8. The second-order valence-electron chi connectivity index (χ2n) is 3.37. The van der Waals surface area contributed by atoms with Crippen LogP contribution in [-0.2, 0) is 4.79 Å². The van der Waals surface area contributed by atoms with E-state index in [4.69, 9.17) is 12.2 Å². The molecule has 0 spiro atoms. The third kappa shape index (κ3) is 5.82. The van der Waals surface area contributed by atoms with Gasteiger partial charge in [0.15, 0.2) is 5.11 Å². The second kappa shape index (κ2) is 6.80. The summed E-state index contributed by atoms with van der Waals surface area (Å²) in [5.41, 5.74) is 0.544. The highest BCUT2D eigenvalue weighted by molar-refractivity contribution is 7.80. The molecule has 0 heterocycles. The van der Waals surface area contributed by atoms with Gasteiger partial charge in [-0.05, 0) is 43.3 Å². The number of anilines is 1.